The van der Waals surface area contributed by atoms with Gasteiger partial charge in [0.25, 0.3) is 0 Å². The molecule has 0 saturated heterocycles. The van der Waals surface area contributed by atoms with Gasteiger partial charge >= 0.3 is 11.9 Å². The molecule has 12 heteroatoms. The maximum Gasteiger partial charge on any atom is 0.328 e. The molecule has 0 bridgehead atoms. The molecule has 4 aliphatic carbocycles. The highest BCUT2D eigenvalue weighted by molar-refractivity contribution is 6.01. The number of nitrogens with zero attached hydrogens (tertiary/aromatic N) is 1. The van der Waals surface area contributed by atoms with E-state index in [-0.39, 0.29) is 55.6 Å². The number of carbonyl (C=O) groups is 5. The maximum absolute atomic E-state index is 13.5. The molecule has 1 aromatic heterocycles. The second-order valence-corrected chi connectivity index (χ2v) is 13.1. The summed E-state index contributed by atoms with van der Waals surface area (Å²) in [5.41, 5.74) is -1.52. The number of esters is 2. The Balaban J connectivity index is 1.17. The van der Waals surface area contributed by atoms with Crippen LogP contribution in [0.5, 0.6) is 0 Å². The van der Waals surface area contributed by atoms with Crippen LogP contribution in [0.15, 0.2) is 36.3 Å². The van der Waals surface area contributed by atoms with Crippen LogP contribution in [0.3, 0.4) is 0 Å². The number of ketones is 2. The van der Waals surface area contributed by atoms with E-state index >= 15 is 0 Å². The number of imidazole rings is 1. The third kappa shape index (κ3) is 5.53. The highest BCUT2D eigenvalue weighted by atomic mass is 16.5. The van der Waals surface area contributed by atoms with Gasteiger partial charge in [0, 0.05) is 41.5 Å². The molecule has 5 rings (SSSR count). The lowest BCUT2D eigenvalue weighted by molar-refractivity contribution is -0.181. The first-order valence-electron chi connectivity index (χ1n) is 15.2. The Labute approximate surface area is 255 Å². The third-order valence-corrected chi connectivity index (χ3v) is 10.8. The summed E-state index contributed by atoms with van der Waals surface area (Å²) in [5.74, 6) is -2.80. The minimum atomic E-state index is -1.78. The molecule has 44 heavy (non-hydrogen) atoms. The molecule has 3 saturated carbocycles. The third-order valence-electron chi connectivity index (χ3n) is 10.8. The monoisotopic (exact) mass is 611 g/mol. The molecule has 0 aliphatic heterocycles. The van der Waals surface area contributed by atoms with E-state index in [2.05, 4.69) is 22.2 Å². The van der Waals surface area contributed by atoms with Crippen molar-refractivity contribution in [1.82, 2.24) is 15.3 Å². The number of aliphatic hydroxyl groups is 2. The Morgan fingerprint density at radius 3 is 2.68 bits per heavy atom. The van der Waals surface area contributed by atoms with E-state index in [9.17, 15) is 34.2 Å². The molecule has 1 amide bonds. The first kappa shape index (κ1) is 31.8. The predicted molar refractivity (Wildman–Crippen MR) is 154 cm³/mol. The largest absolute Gasteiger partial charge is 0.467 e. The minimum Gasteiger partial charge on any atom is -0.467 e. The number of allylic oxidation sites excluding steroid dienone is 4. The quantitative estimate of drug-likeness (QED) is 0.283. The van der Waals surface area contributed by atoms with Crippen LogP contribution in [0.25, 0.3) is 0 Å². The molecule has 3 fully saturated rings. The molecule has 1 heterocycles. The molecule has 0 radical (unpaired) electrons. The number of Topliss-reactive ketones (excluding diaryl/α,β-unsaturated/α-hetero) is 1. The van der Waals surface area contributed by atoms with E-state index in [0.717, 1.165) is 12.0 Å². The molecule has 8 atom stereocenters. The summed E-state index contributed by atoms with van der Waals surface area (Å²) in [4.78, 5) is 69.3. The molecule has 1 aromatic rings. The van der Waals surface area contributed by atoms with Gasteiger partial charge in [-0.05, 0) is 56.1 Å². The number of carbonyl (C=O) groups excluding carboxylic acids is 5. The lowest BCUT2D eigenvalue weighted by Gasteiger charge is -2.59. The van der Waals surface area contributed by atoms with Crippen molar-refractivity contribution < 1.29 is 43.7 Å². The number of nitrogens with one attached hydrogen (secondary N) is 2. The van der Waals surface area contributed by atoms with Crippen molar-refractivity contribution >= 4 is 29.4 Å². The number of ether oxygens (including phenoxy) is 2. The average Bonchev–Trinajstić information content (AvgIpc) is 3.60. The van der Waals surface area contributed by atoms with Crippen LogP contribution >= 0.6 is 0 Å². The van der Waals surface area contributed by atoms with Crippen molar-refractivity contribution in [1.29, 1.82) is 0 Å². The Morgan fingerprint density at radius 2 is 1.98 bits per heavy atom. The first-order valence-corrected chi connectivity index (χ1v) is 15.2. The summed E-state index contributed by atoms with van der Waals surface area (Å²) in [6.07, 6.45) is 9.31. The van der Waals surface area contributed by atoms with Gasteiger partial charge in [-0.1, -0.05) is 25.5 Å². The summed E-state index contributed by atoms with van der Waals surface area (Å²) < 4.78 is 9.95. The number of rotatable bonds is 10. The number of fused-ring (bicyclic) bond motifs is 5. The van der Waals surface area contributed by atoms with Gasteiger partial charge < -0.3 is 30.0 Å². The smallest absolute Gasteiger partial charge is 0.328 e. The molecule has 0 unspecified atom stereocenters. The van der Waals surface area contributed by atoms with Crippen molar-refractivity contribution in [2.24, 2.45) is 28.6 Å². The van der Waals surface area contributed by atoms with Crippen LogP contribution in [0.4, 0.5) is 0 Å². The van der Waals surface area contributed by atoms with Crippen molar-refractivity contribution in [3.05, 3.63) is 42.0 Å². The fourth-order valence-electron chi connectivity index (χ4n) is 8.56. The summed E-state index contributed by atoms with van der Waals surface area (Å²) >= 11 is 0. The molecule has 0 aromatic carbocycles. The first-order chi connectivity index (χ1) is 20.8. The van der Waals surface area contributed by atoms with Gasteiger partial charge in [-0.3, -0.25) is 19.2 Å². The zero-order chi connectivity index (χ0) is 31.9. The van der Waals surface area contributed by atoms with Crippen molar-refractivity contribution in [3.63, 3.8) is 0 Å². The topological polar surface area (TPSA) is 185 Å². The summed E-state index contributed by atoms with van der Waals surface area (Å²) in [5, 5.41) is 25.9. The number of aliphatic hydroxyl groups excluding tert-OH is 1. The SMILES string of the molecule is COC(=O)[C@@H](Cc1cnc[nH]1)NC(=O)CCC(=O)OCC(=O)[C@]1(O)CC[C@H]2[C@@H]3CCC4=CC(=O)C=C[C@]4(C)[C@H]3[C@@H](O)C[C@@]21C. The van der Waals surface area contributed by atoms with Crippen molar-refractivity contribution in [3.8, 4) is 0 Å². The molecule has 4 aliphatic rings. The molecule has 12 nitrogen and oxygen atoms in total. The van der Waals surface area contributed by atoms with E-state index in [4.69, 9.17) is 9.47 Å². The minimum absolute atomic E-state index is 0.0295. The van der Waals surface area contributed by atoms with Crippen molar-refractivity contribution in [2.45, 2.75) is 83.0 Å². The number of H-pyrrole nitrogens is 1. The maximum atomic E-state index is 13.5. The fourth-order valence-corrected chi connectivity index (χ4v) is 8.56. The molecular formula is C32H41N3O9. The Bertz CT molecular complexity index is 1390. The second kappa shape index (κ2) is 12.0. The van der Waals surface area contributed by atoms with Crippen LogP contribution in [-0.4, -0.2) is 81.1 Å². The van der Waals surface area contributed by atoms with E-state index < -0.39 is 58.8 Å². The average molecular weight is 612 g/mol. The molecular weight excluding hydrogens is 570 g/mol. The van der Waals surface area contributed by atoms with Gasteiger partial charge in [-0.25, -0.2) is 9.78 Å². The Morgan fingerprint density at radius 1 is 1.20 bits per heavy atom. The standard InChI is InChI=1S/C32H41N3O9/c1-30-10-8-20(36)12-18(30)4-5-21-22-9-11-32(42,31(22,2)14-24(37)28(21)30)25(38)16-44-27(40)7-6-26(39)35-23(29(41)43-3)13-19-15-33-17-34-19/h8,10,12,15,17,21-24,28,37,42H,4-7,9,11,13-14,16H2,1-3H3,(H,33,34)(H,35,39)/t21-,22-,23+,24-,28+,30-,31-,32+/m0/s1. The molecule has 0 spiro atoms. The van der Waals surface area contributed by atoms with Crippen LogP contribution in [0.1, 0.15) is 64.5 Å². The number of hydrogen-bond acceptors (Lipinski definition) is 10. The van der Waals surface area contributed by atoms with E-state index in [1.54, 1.807) is 12.2 Å². The van der Waals surface area contributed by atoms with Crippen LogP contribution < -0.4 is 5.32 Å². The van der Waals surface area contributed by atoms with E-state index in [0.29, 0.717) is 18.5 Å². The van der Waals surface area contributed by atoms with E-state index in [1.807, 2.05) is 13.0 Å². The second-order valence-electron chi connectivity index (χ2n) is 13.1. The number of amides is 1. The van der Waals surface area contributed by atoms with E-state index in [1.165, 1.54) is 19.6 Å². The summed E-state index contributed by atoms with van der Waals surface area (Å²) in [7, 11) is 1.20. The lowest BCUT2D eigenvalue weighted by Crippen LogP contribution is -2.61. The number of aromatic nitrogens is 2. The molecule has 4 N–H and O–H groups in total. The van der Waals surface area contributed by atoms with Gasteiger partial charge in [-0.2, -0.15) is 0 Å². The fraction of sp³-hybridized carbons (Fsp3) is 0.625. The number of aromatic amines is 1. The highest BCUT2D eigenvalue weighted by Crippen LogP contribution is 2.67. The Kier molecular flexibility index (Phi) is 8.69. The lowest BCUT2D eigenvalue weighted by atomic mass is 9.46. The Hall–Kier alpha value is -3.64. The van der Waals surface area contributed by atoms with Gasteiger partial charge in [0.15, 0.2) is 12.4 Å². The number of hydrogen-bond donors (Lipinski definition) is 4. The van der Waals surface area contributed by atoms with Crippen LogP contribution in [0.2, 0.25) is 0 Å². The number of methoxy groups -OCH3 is 1. The van der Waals surface area contributed by atoms with Crippen molar-refractivity contribution in [2.75, 3.05) is 13.7 Å². The van der Waals surface area contributed by atoms with Crippen LogP contribution in [-0.2, 0) is 39.9 Å². The van der Waals surface area contributed by atoms with Gasteiger partial charge in [-0.15, -0.1) is 0 Å². The summed E-state index contributed by atoms with van der Waals surface area (Å²) in [6, 6.07) is -0.979. The normalized spacial score (nSPS) is 34.6. The van der Waals surface area contributed by atoms with Gasteiger partial charge in [0.05, 0.1) is 26.0 Å². The zero-order valence-electron chi connectivity index (χ0n) is 25.3. The van der Waals surface area contributed by atoms with Gasteiger partial charge in [0.2, 0.25) is 11.7 Å². The molecule has 238 valence electrons. The highest BCUT2D eigenvalue weighted by Gasteiger charge is 2.68. The van der Waals surface area contributed by atoms with Gasteiger partial charge in [0.1, 0.15) is 11.6 Å². The summed E-state index contributed by atoms with van der Waals surface area (Å²) in [6.45, 7) is 3.26. The predicted octanol–water partition coefficient (Wildman–Crippen LogP) is 1.51. The zero-order valence-corrected chi connectivity index (χ0v) is 25.3. The van der Waals surface area contributed by atoms with Crippen LogP contribution in [0, 0.1) is 28.6 Å².